The van der Waals surface area contributed by atoms with Gasteiger partial charge in [-0.25, -0.2) is 0 Å². The predicted molar refractivity (Wildman–Crippen MR) is 259 cm³/mol. The Bertz CT molecular complexity index is 3050. The van der Waals surface area contributed by atoms with Gasteiger partial charge in [-0.3, -0.25) is 0 Å². The summed E-state index contributed by atoms with van der Waals surface area (Å²) >= 11 is 0. The fraction of sp³-hybridized carbons (Fsp3) is 0.200. The highest BCUT2D eigenvalue weighted by Gasteiger charge is 2.45. The summed E-state index contributed by atoms with van der Waals surface area (Å²) in [4.78, 5) is 2.45. The van der Waals surface area contributed by atoms with Crippen molar-refractivity contribution in [2.24, 2.45) is 0 Å². The molecule has 0 unspecified atom stereocenters. The van der Waals surface area contributed by atoms with Gasteiger partial charge in [0.2, 0.25) is 0 Å². The van der Waals surface area contributed by atoms with Crippen LogP contribution in [0, 0.1) is 0 Å². The van der Waals surface area contributed by atoms with Crippen LogP contribution in [0.2, 0.25) is 0 Å². The second-order valence-corrected chi connectivity index (χ2v) is 20.1. The molecular formula is C60H51NO2. The van der Waals surface area contributed by atoms with Crippen LogP contribution in [-0.2, 0) is 21.7 Å². The Labute approximate surface area is 371 Å². The monoisotopic (exact) mass is 817 g/mol. The van der Waals surface area contributed by atoms with Gasteiger partial charge in [0.1, 0.15) is 23.0 Å². The maximum atomic E-state index is 6.90. The van der Waals surface area contributed by atoms with Gasteiger partial charge < -0.3 is 14.4 Å². The Morgan fingerprint density at radius 1 is 0.317 bits per heavy atom. The zero-order valence-corrected chi connectivity index (χ0v) is 37.4. The lowest BCUT2D eigenvalue weighted by atomic mass is 9.74. The highest BCUT2D eigenvalue weighted by molar-refractivity contribution is 5.93. The Balaban J connectivity index is 1.02. The SMILES string of the molecule is CC1(C)c2ccccc2Oc2c1ccc1c2-c2ccc(N(c3ccc(-c4ccccc4)cc3)c3ccc4c(c3)C(C)(C)c3ccc5c(c3-4)Oc3ccccc3C5(C)C)cc2C1(C)C. The minimum absolute atomic E-state index is 0.193. The van der Waals surface area contributed by atoms with E-state index in [1.807, 2.05) is 0 Å². The minimum atomic E-state index is -0.254. The number of hydrogen-bond donors (Lipinski definition) is 0. The van der Waals surface area contributed by atoms with Crippen LogP contribution in [0.15, 0.2) is 164 Å². The smallest absolute Gasteiger partial charge is 0.139 e. The number of rotatable bonds is 4. The molecule has 308 valence electrons. The van der Waals surface area contributed by atoms with E-state index in [4.69, 9.17) is 9.47 Å². The van der Waals surface area contributed by atoms with Crippen molar-refractivity contribution < 1.29 is 9.47 Å². The summed E-state index contributed by atoms with van der Waals surface area (Å²) in [6, 6.07) is 60.2. The zero-order valence-electron chi connectivity index (χ0n) is 37.4. The summed E-state index contributed by atoms with van der Waals surface area (Å²) in [5, 5.41) is 0. The molecule has 3 nitrogen and oxygen atoms in total. The van der Waals surface area contributed by atoms with E-state index in [-0.39, 0.29) is 21.7 Å². The fourth-order valence-corrected chi connectivity index (χ4v) is 11.6. The van der Waals surface area contributed by atoms with Crippen LogP contribution in [0.5, 0.6) is 23.0 Å². The van der Waals surface area contributed by atoms with Crippen LogP contribution >= 0.6 is 0 Å². The number of hydrogen-bond acceptors (Lipinski definition) is 3. The molecule has 63 heavy (non-hydrogen) atoms. The molecule has 0 aromatic heterocycles. The summed E-state index contributed by atoms with van der Waals surface area (Å²) in [6.45, 7) is 18.8. The largest absolute Gasteiger partial charge is 0.456 e. The van der Waals surface area contributed by atoms with Crippen LogP contribution < -0.4 is 14.4 Å². The average molecular weight is 818 g/mol. The first-order valence-electron chi connectivity index (χ1n) is 22.4. The third-order valence-corrected chi connectivity index (χ3v) is 15.2. The van der Waals surface area contributed by atoms with E-state index >= 15 is 0 Å². The molecule has 0 amide bonds. The lowest BCUT2D eigenvalue weighted by molar-refractivity contribution is 0.418. The third-order valence-electron chi connectivity index (χ3n) is 15.2. The van der Waals surface area contributed by atoms with Crippen LogP contribution in [0.25, 0.3) is 33.4 Å². The average Bonchev–Trinajstić information content (AvgIpc) is 3.66. The van der Waals surface area contributed by atoms with Gasteiger partial charge >= 0.3 is 0 Å². The molecule has 3 heteroatoms. The molecule has 2 aliphatic carbocycles. The summed E-state index contributed by atoms with van der Waals surface area (Å²) in [6.07, 6.45) is 0. The molecule has 0 fully saturated rings. The van der Waals surface area contributed by atoms with Gasteiger partial charge in [-0.2, -0.15) is 0 Å². The highest BCUT2D eigenvalue weighted by Crippen LogP contribution is 2.61. The normalized spacial score (nSPS) is 16.7. The Morgan fingerprint density at radius 2 is 0.698 bits per heavy atom. The topological polar surface area (TPSA) is 21.7 Å². The molecule has 8 aromatic rings. The maximum absolute atomic E-state index is 6.90. The van der Waals surface area contributed by atoms with E-state index < -0.39 is 0 Å². The van der Waals surface area contributed by atoms with E-state index in [9.17, 15) is 0 Å². The lowest BCUT2D eigenvalue weighted by Gasteiger charge is -2.36. The molecule has 2 heterocycles. The first-order valence-corrected chi connectivity index (χ1v) is 22.4. The standard InChI is InChI=1S/C60H51NO2/c1-57(2)43-18-12-14-20-51(43)62-55-47(57)32-30-45-53(55)41-28-26-39(34-49(41)59(45,5)6)61(38-24-22-37(23-25-38)36-16-10-9-11-17-36)40-27-29-42-50(35-40)60(7,8)46-31-33-48-56(54(42)46)63-52-21-15-13-19-44(52)58(48,3)4/h9-35H,1-8H3. The van der Waals surface area contributed by atoms with Crippen molar-refractivity contribution in [3.8, 4) is 56.4 Å². The van der Waals surface area contributed by atoms with Crippen molar-refractivity contribution in [3.05, 3.63) is 208 Å². The van der Waals surface area contributed by atoms with Crippen molar-refractivity contribution in [2.45, 2.75) is 77.0 Å². The Hall–Kier alpha value is -6.84. The number of anilines is 3. The molecular weight excluding hydrogens is 767 g/mol. The van der Waals surface area contributed by atoms with E-state index in [1.165, 1.54) is 77.9 Å². The molecule has 0 saturated carbocycles. The first kappa shape index (κ1) is 37.9. The lowest BCUT2D eigenvalue weighted by Crippen LogP contribution is -2.25. The van der Waals surface area contributed by atoms with Crippen LogP contribution in [0.1, 0.15) is 99.9 Å². The number of fused-ring (bicyclic) bond motifs is 12. The highest BCUT2D eigenvalue weighted by atomic mass is 16.5. The first-order chi connectivity index (χ1) is 30.3. The van der Waals surface area contributed by atoms with E-state index in [2.05, 4.69) is 224 Å². The third kappa shape index (κ3) is 5.20. The Morgan fingerprint density at radius 3 is 1.17 bits per heavy atom. The molecule has 0 saturated heterocycles. The van der Waals surface area contributed by atoms with Gasteiger partial charge in [-0.1, -0.05) is 171 Å². The summed E-state index contributed by atoms with van der Waals surface area (Å²) in [5.74, 6) is 3.86. The second-order valence-electron chi connectivity index (χ2n) is 20.1. The molecule has 12 rings (SSSR count). The van der Waals surface area contributed by atoms with Crippen molar-refractivity contribution in [1.82, 2.24) is 0 Å². The van der Waals surface area contributed by atoms with Gasteiger partial charge in [-0.15, -0.1) is 0 Å². The summed E-state index contributed by atoms with van der Waals surface area (Å²) in [5.41, 5.74) is 19.9. The van der Waals surface area contributed by atoms with Gasteiger partial charge in [0, 0.05) is 72.1 Å². The molecule has 2 aliphatic heterocycles. The Kier molecular flexibility index (Phi) is 7.73. The molecule has 0 spiro atoms. The van der Waals surface area contributed by atoms with Crippen molar-refractivity contribution in [2.75, 3.05) is 4.90 Å². The van der Waals surface area contributed by atoms with Crippen molar-refractivity contribution in [1.29, 1.82) is 0 Å². The van der Waals surface area contributed by atoms with Crippen molar-refractivity contribution >= 4 is 17.1 Å². The molecule has 0 radical (unpaired) electrons. The quantitative estimate of drug-likeness (QED) is 0.177. The molecule has 0 atom stereocenters. The molecule has 4 aliphatic rings. The van der Waals surface area contributed by atoms with Gasteiger partial charge in [0.25, 0.3) is 0 Å². The number of benzene rings is 8. The number of para-hydroxylation sites is 2. The van der Waals surface area contributed by atoms with Gasteiger partial charge in [0.15, 0.2) is 0 Å². The molecule has 0 bridgehead atoms. The van der Waals surface area contributed by atoms with E-state index in [0.29, 0.717) is 0 Å². The second kappa shape index (κ2) is 12.9. The summed E-state index contributed by atoms with van der Waals surface area (Å²) < 4.78 is 13.8. The maximum Gasteiger partial charge on any atom is 0.139 e. The van der Waals surface area contributed by atoms with Crippen LogP contribution in [0.4, 0.5) is 17.1 Å². The van der Waals surface area contributed by atoms with Gasteiger partial charge in [0.05, 0.1) is 0 Å². The number of ether oxygens (including phenoxy) is 2. The van der Waals surface area contributed by atoms with Crippen LogP contribution in [-0.4, -0.2) is 0 Å². The summed E-state index contributed by atoms with van der Waals surface area (Å²) in [7, 11) is 0. The van der Waals surface area contributed by atoms with Crippen LogP contribution in [0.3, 0.4) is 0 Å². The fourth-order valence-electron chi connectivity index (χ4n) is 11.6. The van der Waals surface area contributed by atoms with E-state index in [1.54, 1.807) is 0 Å². The zero-order chi connectivity index (χ0) is 43.2. The van der Waals surface area contributed by atoms with E-state index in [0.717, 1.165) is 40.1 Å². The minimum Gasteiger partial charge on any atom is -0.456 e. The predicted octanol–water partition coefficient (Wildman–Crippen LogP) is 16.3. The number of nitrogens with zero attached hydrogens (tertiary/aromatic N) is 1. The molecule has 8 aromatic carbocycles. The van der Waals surface area contributed by atoms with Crippen molar-refractivity contribution in [3.63, 3.8) is 0 Å². The van der Waals surface area contributed by atoms with Gasteiger partial charge in [-0.05, 0) is 93.0 Å². The molecule has 0 N–H and O–H groups in total.